The van der Waals surface area contributed by atoms with E-state index in [1.165, 1.54) is 12.8 Å². The molecule has 0 aliphatic heterocycles. The Morgan fingerprint density at radius 1 is 0.611 bits per heavy atom. The Balaban J connectivity index is 1.25. The number of rotatable bonds is 11. The molecule has 3 aliphatic rings. The van der Waals surface area contributed by atoms with E-state index in [1.54, 1.807) is 77.0 Å². The molecule has 3 rings (SSSR count). The Morgan fingerprint density at radius 3 is 1.78 bits per heavy atom. The molecule has 0 heteroatoms. The smallest absolute Gasteiger partial charge is 0.0411 e. The lowest BCUT2D eigenvalue weighted by Gasteiger charge is -2.16. The zero-order valence-electron chi connectivity index (χ0n) is 12.2. The van der Waals surface area contributed by atoms with Crippen LogP contribution in [0.3, 0.4) is 0 Å². The first-order chi connectivity index (χ1) is 8.90. The van der Waals surface area contributed by atoms with Crippen LogP contribution in [0.25, 0.3) is 0 Å². The van der Waals surface area contributed by atoms with Crippen molar-refractivity contribution in [3.63, 3.8) is 0 Å². The number of unbranched alkanes of at least 4 members (excludes halogenated alkanes) is 1. The van der Waals surface area contributed by atoms with Crippen molar-refractivity contribution in [3.8, 4) is 0 Å². The van der Waals surface area contributed by atoms with Crippen molar-refractivity contribution >= 4 is 0 Å². The molecule has 0 spiro atoms. The Labute approximate surface area is 114 Å². The molecule has 104 valence electrons. The summed E-state index contributed by atoms with van der Waals surface area (Å²) in [5, 5.41) is 0. The first-order valence-electron chi connectivity index (χ1n) is 8.90. The third kappa shape index (κ3) is 5.33. The van der Waals surface area contributed by atoms with Gasteiger partial charge >= 0.3 is 0 Å². The van der Waals surface area contributed by atoms with Crippen LogP contribution < -0.4 is 0 Å². The summed E-state index contributed by atoms with van der Waals surface area (Å²) in [5.41, 5.74) is 0. The van der Waals surface area contributed by atoms with Gasteiger partial charge in [-0.3, -0.25) is 0 Å². The van der Waals surface area contributed by atoms with Crippen LogP contribution in [-0.2, 0) is 0 Å². The maximum absolute atomic E-state index is 1.59. The minimum absolute atomic E-state index is 1.11. The van der Waals surface area contributed by atoms with Crippen molar-refractivity contribution in [3.05, 3.63) is 0 Å². The molecular formula is C18H32. The zero-order chi connectivity index (χ0) is 12.2. The molecule has 0 aromatic rings. The summed E-state index contributed by atoms with van der Waals surface area (Å²) in [6, 6.07) is 0. The summed E-state index contributed by atoms with van der Waals surface area (Å²) < 4.78 is 0. The van der Waals surface area contributed by atoms with Gasteiger partial charge in [0.25, 0.3) is 0 Å². The molecule has 0 N–H and O–H groups in total. The van der Waals surface area contributed by atoms with Gasteiger partial charge < -0.3 is 0 Å². The second-order valence-corrected chi connectivity index (χ2v) is 7.65. The van der Waals surface area contributed by atoms with Gasteiger partial charge in [0.05, 0.1) is 0 Å². The van der Waals surface area contributed by atoms with Crippen molar-refractivity contribution in [1.29, 1.82) is 0 Å². The molecule has 3 saturated carbocycles. The van der Waals surface area contributed by atoms with Crippen LogP contribution in [-0.4, -0.2) is 0 Å². The van der Waals surface area contributed by atoms with Gasteiger partial charge in [0.1, 0.15) is 0 Å². The molecule has 0 nitrogen and oxygen atoms in total. The van der Waals surface area contributed by atoms with Crippen LogP contribution in [0.4, 0.5) is 0 Å². The quantitative estimate of drug-likeness (QED) is 0.396. The molecule has 1 unspecified atom stereocenters. The van der Waals surface area contributed by atoms with E-state index in [-0.39, 0.29) is 0 Å². The van der Waals surface area contributed by atoms with Gasteiger partial charge in [-0.15, -0.1) is 0 Å². The monoisotopic (exact) mass is 248 g/mol. The van der Waals surface area contributed by atoms with Crippen molar-refractivity contribution < 1.29 is 0 Å². The van der Waals surface area contributed by atoms with Crippen LogP contribution in [0.1, 0.15) is 89.9 Å². The van der Waals surface area contributed by atoms with Crippen LogP contribution >= 0.6 is 0 Å². The predicted molar refractivity (Wildman–Crippen MR) is 78.6 cm³/mol. The average Bonchev–Trinajstić information content (AvgIpc) is 3.22. The second kappa shape index (κ2) is 6.44. The van der Waals surface area contributed by atoms with E-state index in [2.05, 4.69) is 0 Å². The standard InChI is InChI=1S/C18H32/c1(4-15-8-9-15)2-5-17(14-18-12-13-18)7-3-6-16-10-11-16/h15-18H,1-14H2. The fourth-order valence-electron chi connectivity index (χ4n) is 3.58. The Morgan fingerprint density at radius 2 is 1.17 bits per heavy atom. The lowest BCUT2D eigenvalue weighted by Crippen LogP contribution is -2.02. The third-order valence-corrected chi connectivity index (χ3v) is 5.46. The van der Waals surface area contributed by atoms with Gasteiger partial charge in [-0.1, -0.05) is 83.5 Å². The molecule has 0 aromatic heterocycles. The van der Waals surface area contributed by atoms with Gasteiger partial charge in [0.15, 0.2) is 0 Å². The summed E-state index contributed by atoms with van der Waals surface area (Å²) in [6.45, 7) is 0. The number of hydrogen-bond donors (Lipinski definition) is 0. The van der Waals surface area contributed by atoms with E-state index >= 15 is 0 Å². The Kier molecular flexibility index (Phi) is 4.65. The Hall–Kier alpha value is 0. The van der Waals surface area contributed by atoms with E-state index in [1.807, 2.05) is 0 Å². The summed E-state index contributed by atoms with van der Waals surface area (Å²) in [7, 11) is 0. The maximum Gasteiger partial charge on any atom is -0.0411 e. The van der Waals surface area contributed by atoms with Crippen LogP contribution in [0, 0.1) is 23.7 Å². The molecule has 0 amide bonds. The van der Waals surface area contributed by atoms with Gasteiger partial charge in [-0.05, 0) is 30.1 Å². The molecule has 3 aliphatic carbocycles. The Bertz CT molecular complexity index is 232. The second-order valence-electron chi connectivity index (χ2n) is 7.65. The molecular weight excluding hydrogens is 216 g/mol. The van der Waals surface area contributed by atoms with Crippen molar-refractivity contribution in [2.24, 2.45) is 23.7 Å². The molecule has 0 bridgehead atoms. The largest absolute Gasteiger partial charge is 0.0530 e. The first-order valence-corrected chi connectivity index (χ1v) is 8.90. The highest BCUT2D eigenvalue weighted by Gasteiger charge is 2.26. The summed E-state index contributed by atoms with van der Waals surface area (Å²) in [4.78, 5) is 0. The fourth-order valence-corrected chi connectivity index (χ4v) is 3.58. The first kappa shape index (κ1) is 13.0. The van der Waals surface area contributed by atoms with Crippen LogP contribution in [0.2, 0.25) is 0 Å². The zero-order valence-corrected chi connectivity index (χ0v) is 12.2. The molecule has 1 atom stereocenters. The average molecular weight is 248 g/mol. The highest BCUT2D eigenvalue weighted by Crippen LogP contribution is 2.40. The molecule has 0 aromatic carbocycles. The van der Waals surface area contributed by atoms with Crippen molar-refractivity contribution in [1.82, 2.24) is 0 Å². The van der Waals surface area contributed by atoms with Crippen molar-refractivity contribution in [2.75, 3.05) is 0 Å². The minimum atomic E-state index is 1.11. The summed E-state index contributed by atoms with van der Waals surface area (Å²) in [6.07, 6.45) is 21.8. The van der Waals surface area contributed by atoms with Gasteiger partial charge in [-0.25, -0.2) is 0 Å². The van der Waals surface area contributed by atoms with Gasteiger partial charge in [0, 0.05) is 0 Å². The lowest BCUT2D eigenvalue weighted by molar-refractivity contribution is 0.363. The maximum atomic E-state index is 1.59. The molecule has 0 saturated heterocycles. The van der Waals surface area contributed by atoms with Crippen LogP contribution in [0.5, 0.6) is 0 Å². The predicted octanol–water partition coefficient (Wildman–Crippen LogP) is 5.95. The van der Waals surface area contributed by atoms with E-state index < -0.39 is 0 Å². The van der Waals surface area contributed by atoms with Crippen molar-refractivity contribution in [2.45, 2.75) is 89.9 Å². The molecule has 0 radical (unpaired) electrons. The van der Waals surface area contributed by atoms with Crippen LogP contribution in [0.15, 0.2) is 0 Å². The van der Waals surface area contributed by atoms with Gasteiger partial charge in [-0.2, -0.15) is 0 Å². The molecule has 0 heterocycles. The SMILES string of the molecule is C(CCC(CCCC1CC1)CC1CC1)CC1CC1. The highest BCUT2D eigenvalue weighted by atomic mass is 14.3. The third-order valence-electron chi connectivity index (χ3n) is 5.46. The number of hydrogen-bond acceptors (Lipinski definition) is 0. The fraction of sp³-hybridized carbons (Fsp3) is 1.00. The summed E-state index contributed by atoms with van der Waals surface area (Å²) >= 11 is 0. The van der Waals surface area contributed by atoms with E-state index in [9.17, 15) is 0 Å². The highest BCUT2D eigenvalue weighted by molar-refractivity contribution is 4.79. The molecule has 18 heavy (non-hydrogen) atoms. The topological polar surface area (TPSA) is 0 Å². The normalized spacial score (nSPS) is 25.3. The van der Waals surface area contributed by atoms with E-state index in [4.69, 9.17) is 0 Å². The minimum Gasteiger partial charge on any atom is -0.0530 e. The van der Waals surface area contributed by atoms with E-state index in [0.717, 1.165) is 23.7 Å². The molecule has 3 fully saturated rings. The lowest BCUT2D eigenvalue weighted by atomic mass is 9.90. The summed E-state index contributed by atoms with van der Waals surface area (Å²) in [5.74, 6) is 4.57. The van der Waals surface area contributed by atoms with Gasteiger partial charge in [0.2, 0.25) is 0 Å². The van der Waals surface area contributed by atoms with E-state index in [0.29, 0.717) is 0 Å².